The number of hydrogen-bond acceptors (Lipinski definition) is 15. The molecule has 19 heteroatoms. The predicted molar refractivity (Wildman–Crippen MR) is 432 cm³/mol. The zero-order valence-corrected chi connectivity index (χ0v) is 70.7. The van der Waals surface area contributed by atoms with Gasteiger partial charge in [-0.3, -0.25) is 37.3 Å². The Morgan fingerprint density at radius 1 is 0.267 bits per heavy atom. The molecule has 0 aliphatic carbocycles. The minimum absolute atomic E-state index is 0.109. The number of carbonyl (C=O) groups excluding carboxylic acids is 4. The number of hydrogen-bond donors (Lipinski definition) is 3. The monoisotopic (exact) mass is 1540 g/mol. The Hall–Kier alpha value is -1.94. The highest BCUT2D eigenvalue weighted by Crippen LogP contribution is 2.45. The van der Waals surface area contributed by atoms with Crippen molar-refractivity contribution in [3.63, 3.8) is 0 Å². The van der Waals surface area contributed by atoms with Crippen LogP contribution in [0, 0.1) is 5.92 Å². The number of phosphoric acid groups is 2. The van der Waals surface area contributed by atoms with Gasteiger partial charge in [-0.25, -0.2) is 9.13 Å². The molecule has 0 saturated carbocycles. The fraction of sp³-hybridized carbons (Fsp3) is 0.953. The molecule has 3 N–H and O–H groups in total. The molecule has 3 unspecified atom stereocenters. The van der Waals surface area contributed by atoms with Crippen molar-refractivity contribution >= 4 is 39.5 Å². The number of esters is 4. The summed E-state index contributed by atoms with van der Waals surface area (Å²) in [7, 11) is -9.92. The summed E-state index contributed by atoms with van der Waals surface area (Å²) in [5.74, 6) is -1.23. The van der Waals surface area contributed by atoms with Crippen LogP contribution in [0.25, 0.3) is 0 Å². The molecular weight excluding hydrogens is 1370 g/mol. The van der Waals surface area contributed by atoms with Gasteiger partial charge in [0.15, 0.2) is 12.2 Å². The normalized spacial score (nSPS) is 14.0. The molecule has 0 fully saturated rings. The van der Waals surface area contributed by atoms with Crippen LogP contribution in [0.4, 0.5) is 0 Å². The van der Waals surface area contributed by atoms with Crippen LogP contribution < -0.4 is 0 Å². The first-order valence-electron chi connectivity index (χ1n) is 44.7. The maximum Gasteiger partial charge on any atom is 0.472 e. The number of aliphatic hydroxyl groups excluding tert-OH is 1. The Bertz CT molecular complexity index is 2000. The lowest BCUT2D eigenvalue weighted by Gasteiger charge is -2.21. The van der Waals surface area contributed by atoms with Crippen molar-refractivity contribution < 1.29 is 80.2 Å². The molecule has 0 heterocycles. The van der Waals surface area contributed by atoms with Gasteiger partial charge in [0.1, 0.15) is 19.3 Å². The number of rotatable bonds is 86. The lowest BCUT2D eigenvalue weighted by atomic mass is 9.99. The Morgan fingerprint density at radius 2 is 0.457 bits per heavy atom. The van der Waals surface area contributed by atoms with Crippen molar-refractivity contribution in [2.24, 2.45) is 5.92 Å². The van der Waals surface area contributed by atoms with E-state index in [0.717, 1.165) is 95.8 Å². The second kappa shape index (κ2) is 78.7. The van der Waals surface area contributed by atoms with Crippen molar-refractivity contribution in [3.8, 4) is 0 Å². The molecule has 0 radical (unpaired) electrons. The quantitative estimate of drug-likeness (QED) is 0.0222. The molecule has 0 aliphatic heterocycles. The van der Waals surface area contributed by atoms with Crippen LogP contribution in [-0.2, 0) is 65.4 Å². The van der Waals surface area contributed by atoms with Crippen molar-refractivity contribution in [3.05, 3.63) is 0 Å². The summed E-state index contributed by atoms with van der Waals surface area (Å²) in [6.45, 7) is 7.41. The van der Waals surface area contributed by atoms with Crippen LogP contribution in [0.15, 0.2) is 0 Å². The molecule has 0 aromatic carbocycles. The number of carbonyl (C=O) groups is 4. The van der Waals surface area contributed by atoms with E-state index in [0.29, 0.717) is 25.7 Å². The Labute approximate surface area is 645 Å². The highest BCUT2D eigenvalue weighted by molar-refractivity contribution is 7.47. The van der Waals surface area contributed by atoms with Crippen LogP contribution >= 0.6 is 15.6 Å². The Balaban J connectivity index is 5.18. The molecule has 0 bridgehead atoms. The van der Waals surface area contributed by atoms with Gasteiger partial charge in [-0.1, -0.05) is 413 Å². The summed E-state index contributed by atoms with van der Waals surface area (Å²) in [6, 6.07) is 0. The molecule has 17 nitrogen and oxygen atoms in total. The third-order valence-corrected chi connectivity index (χ3v) is 22.5. The highest BCUT2D eigenvalue weighted by Gasteiger charge is 2.30. The van der Waals surface area contributed by atoms with Gasteiger partial charge < -0.3 is 33.8 Å². The number of aliphatic hydroxyl groups is 1. The fourth-order valence-corrected chi connectivity index (χ4v) is 15.0. The molecule has 0 aromatic rings. The molecule has 0 saturated heterocycles. The third kappa shape index (κ3) is 78.5. The summed E-state index contributed by atoms with van der Waals surface area (Å²) in [5, 5.41) is 10.7. The fourth-order valence-electron chi connectivity index (χ4n) is 13.4. The van der Waals surface area contributed by atoms with Crippen molar-refractivity contribution in [2.75, 3.05) is 39.6 Å². The number of phosphoric ester groups is 2. The van der Waals surface area contributed by atoms with E-state index in [1.165, 1.54) is 289 Å². The average Bonchev–Trinajstić information content (AvgIpc) is 0.909. The second-order valence-electron chi connectivity index (χ2n) is 31.2. The molecule has 0 spiro atoms. The molecule has 0 amide bonds. The van der Waals surface area contributed by atoms with Gasteiger partial charge in [0.25, 0.3) is 0 Å². The third-order valence-electron chi connectivity index (χ3n) is 20.6. The lowest BCUT2D eigenvalue weighted by molar-refractivity contribution is -0.161. The van der Waals surface area contributed by atoms with E-state index in [-0.39, 0.29) is 25.7 Å². The van der Waals surface area contributed by atoms with Crippen LogP contribution in [0.5, 0.6) is 0 Å². The number of ether oxygens (including phenoxy) is 4. The smallest absolute Gasteiger partial charge is 0.462 e. The molecule has 6 atom stereocenters. The first kappa shape index (κ1) is 103. The molecule has 624 valence electrons. The second-order valence-corrected chi connectivity index (χ2v) is 34.1. The maximum atomic E-state index is 13.1. The van der Waals surface area contributed by atoms with Crippen molar-refractivity contribution in [1.29, 1.82) is 0 Å². The van der Waals surface area contributed by atoms with Gasteiger partial charge in [-0.05, 0) is 31.6 Å². The van der Waals surface area contributed by atoms with Crippen molar-refractivity contribution in [2.45, 2.75) is 483 Å². The van der Waals surface area contributed by atoms with Gasteiger partial charge in [-0.15, -0.1) is 0 Å². The van der Waals surface area contributed by atoms with E-state index in [1.807, 2.05) is 0 Å². The lowest BCUT2D eigenvalue weighted by Crippen LogP contribution is -2.30. The van der Waals surface area contributed by atoms with Gasteiger partial charge in [-0.2, -0.15) is 0 Å². The van der Waals surface area contributed by atoms with Crippen LogP contribution in [0.1, 0.15) is 465 Å². The van der Waals surface area contributed by atoms with Crippen LogP contribution in [0.3, 0.4) is 0 Å². The standard InChI is InChI=1S/C86H168O17P2/c1-6-10-13-16-19-22-24-26-28-30-31-35-39-42-46-50-55-60-65-70-84(89)97-76-82(103-86(91)72-67-62-57-52-48-44-40-36-33-32-34-37-41-45-49-53-58-63-68-79(5)9-4)78-101-105(94,95)99-74-80(87)73-98-104(92,93)100-77-81(75-96-83(88)69-64-59-54-21-18-15-12-8-3)102-85(90)71-66-61-56-51-47-43-38-29-27-25-23-20-17-14-11-7-2/h79-82,87H,6-78H2,1-5H3,(H,92,93)(H,94,95)/t79?,80-,81+,82+/m0/s1. The van der Waals surface area contributed by atoms with Gasteiger partial charge in [0, 0.05) is 25.7 Å². The SMILES string of the molecule is CCCCCCCCCCCCCCCCCCCCCC(=O)OC[C@H](COP(=O)(O)OC[C@@H](O)COP(=O)(O)OC[C@@H](COC(=O)CCCCCCCCCC)OC(=O)CCCCCCCCCCCCCCCCCC)OC(=O)CCCCCCCCCCCCCCCCCCCCC(C)CC. The Morgan fingerprint density at radius 3 is 0.676 bits per heavy atom. The van der Waals surface area contributed by atoms with E-state index < -0.39 is 97.5 Å². The molecule has 0 rings (SSSR count). The zero-order chi connectivity index (χ0) is 76.9. The summed E-state index contributed by atoms with van der Waals surface area (Å²) in [5.41, 5.74) is 0. The summed E-state index contributed by atoms with van der Waals surface area (Å²) >= 11 is 0. The molecule has 0 aromatic heterocycles. The van der Waals surface area contributed by atoms with Crippen LogP contribution in [0.2, 0.25) is 0 Å². The van der Waals surface area contributed by atoms with E-state index in [2.05, 4.69) is 34.6 Å². The van der Waals surface area contributed by atoms with E-state index in [4.69, 9.17) is 37.0 Å². The Kier molecular flexibility index (Phi) is 77.3. The topological polar surface area (TPSA) is 237 Å². The molecule has 0 aliphatic rings. The zero-order valence-electron chi connectivity index (χ0n) is 68.9. The minimum Gasteiger partial charge on any atom is -0.462 e. The summed E-state index contributed by atoms with van der Waals surface area (Å²) < 4.78 is 68.8. The molecule has 105 heavy (non-hydrogen) atoms. The van der Waals surface area contributed by atoms with Gasteiger partial charge >= 0.3 is 39.5 Å². The van der Waals surface area contributed by atoms with E-state index >= 15 is 0 Å². The van der Waals surface area contributed by atoms with Gasteiger partial charge in [0.2, 0.25) is 0 Å². The number of unbranched alkanes of at least 4 members (excludes halogenated alkanes) is 57. The largest absolute Gasteiger partial charge is 0.472 e. The summed E-state index contributed by atoms with van der Waals surface area (Å²) in [4.78, 5) is 73.1. The summed E-state index contributed by atoms with van der Waals surface area (Å²) in [6.07, 6.45) is 72.3. The van der Waals surface area contributed by atoms with Gasteiger partial charge in [0.05, 0.1) is 26.4 Å². The highest BCUT2D eigenvalue weighted by atomic mass is 31.2. The first-order chi connectivity index (χ1) is 51.1. The van der Waals surface area contributed by atoms with Crippen LogP contribution in [-0.4, -0.2) is 96.7 Å². The van der Waals surface area contributed by atoms with Crippen molar-refractivity contribution in [1.82, 2.24) is 0 Å². The first-order valence-corrected chi connectivity index (χ1v) is 47.7. The van der Waals surface area contributed by atoms with E-state index in [9.17, 15) is 43.2 Å². The minimum atomic E-state index is -4.96. The average molecular weight is 1540 g/mol. The maximum absolute atomic E-state index is 13.1. The predicted octanol–water partition coefficient (Wildman–Crippen LogP) is 26.4. The van der Waals surface area contributed by atoms with E-state index in [1.54, 1.807) is 0 Å². The molecular formula is C86H168O17P2.